The van der Waals surface area contributed by atoms with Gasteiger partial charge in [0.05, 0.1) is 6.54 Å². The third-order valence-corrected chi connectivity index (χ3v) is 4.14. The molecule has 0 aromatic heterocycles. The molecule has 1 radical (unpaired) electrons. The molecule has 0 saturated carbocycles. The van der Waals surface area contributed by atoms with Gasteiger partial charge in [0.1, 0.15) is 0 Å². The van der Waals surface area contributed by atoms with Crippen molar-refractivity contribution in [1.29, 1.82) is 0 Å². The maximum Gasteiger partial charge on any atom is 0.207 e. The number of unbranched alkanes of at least 4 members (excludes halogenated alkanes) is 5. The van der Waals surface area contributed by atoms with Crippen LogP contribution in [0.5, 0.6) is 0 Å². The molecule has 0 aromatic carbocycles. The summed E-state index contributed by atoms with van der Waals surface area (Å²) in [5.74, 6) is 0. The van der Waals surface area contributed by atoms with Crippen LogP contribution in [0.1, 0.15) is 78.6 Å². The summed E-state index contributed by atoms with van der Waals surface area (Å²) in [5.41, 5.74) is 1.15. The van der Waals surface area contributed by atoms with Gasteiger partial charge in [-0.25, -0.2) is 0 Å². The van der Waals surface area contributed by atoms with Crippen LogP contribution in [-0.4, -0.2) is 26.1 Å². The monoisotopic (exact) mass is 263 g/mol. The minimum absolute atomic E-state index is 0.346. The van der Waals surface area contributed by atoms with Crippen molar-refractivity contribution in [3.05, 3.63) is 0 Å². The van der Waals surface area contributed by atoms with Crippen LogP contribution in [0.3, 0.4) is 0 Å². The van der Waals surface area contributed by atoms with Crippen molar-refractivity contribution in [2.45, 2.75) is 83.9 Å². The van der Waals surface area contributed by atoms with E-state index < -0.39 is 0 Å². The zero-order valence-electron chi connectivity index (χ0n) is 13.3. The van der Waals surface area contributed by atoms with E-state index in [1.54, 1.807) is 0 Å². The van der Waals surface area contributed by atoms with Gasteiger partial charge in [0.25, 0.3) is 0 Å². The molecule has 109 valence electrons. The third kappa shape index (κ3) is 7.03. The number of rotatable bonds is 11. The lowest BCUT2D eigenvalue weighted by Crippen LogP contribution is -2.32. The van der Waals surface area contributed by atoms with Crippen molar-refractivity contribution in [3.8, 4) is 0 Å². The quantitative estimate of drug-likeness (QED) is 0.434. The van der Waals surface area contributed by atoms with Crippen molar-refractivity contribution in [1.82, 2.24) is 5.32 Å². The van der Waals surface area contributed by atoms with Crippen LogP contribution in [0.4, 0.5) is 0 Å². The third-order valence-electron chi connectivity index (χ3n) is 4.14. The van der Waals surface area contributed by atoms with Gasteiger partial charge in [-0.3, -0.25) is 4.99 Å². The van der Waals surface area contributed by atoms with E-state index in [0.717, 1.165) is 18.8 Å². The van der Waals surface area contributed by atoms with Gasteiger partial charge in [-0.05, 0) is 0 Å². The fourth-order valence-corrected chi connectivity index (χ4v) is 2.85. The van der Waals surface area contributed by atoms with Crippen molar-refractivity contribution in [3.63, 3.8) is 0 Å². The molecule has 0 fully saturated rings. The second-order valence-electron chi connectivity index (χ2n) is 6.26. The predicted octanol–water partition coefficient (Wildman–Crippen LogP) is 4.38. The molecule has 1 aliphatic rings. The Hall–Kier alpha value is -0.465. The van der Waals surface area contributed by atoms with Crippen LogP contribution in [0, 0.1) is 0 Å². The lowest BCUT2D eigenvalue weighted by Gasteiger charge is -2.29. The van der Waals surface area contributed by atoms with Crippen molar-refractivity contribution >= 4 is 13.0 Å². The molecule has 0 spiro atoms. The molecule has 0 amide bonds. The van der Waals surface area contributed by atoms with Gasteiger partial charge in [-0.2, -0.15) is 0 Å². The molecule has 0 aliphatic carbocycles. The standard InChI is InChI=1S/C16H32BN2/c1-4-6-8-10-12-16(3,11-9-7-5-2)17-15-18-13-14-19-15/h4-14H2,1-3H3,(H,18,19). The van der Waals surface area contributed by atoms with E-state index in [1.807, 2.05) is 0 Å². The molecule has 1 N–H and O–H groups in total. The van der Waals surface area contributed by atoms with E-state index in [2.05, 4.69) is 38.4 Å². The Morgan fingerprint density at radius 2 is 1.68 bits per heavy atom. The Morgan fingerprint density at radius 3 is 2.26 bits per heavy atom. The Labute approximate surface area is 121 Å². The van der Waals surface area contributed by atoms with Gasteiger partial charge in [-0.1, -0.05) is 83.9 Å². The molecular formula is C16H32BN2. The first-order valence-electron chi connectivity index (χ1n) is 8.34. The Balaban J connectivity index is 2.40. The fraction of sp³-hybridized carbons (Fsp3) is 0.938. The maximum absolute atomic E-state index is 4.54. The van der Waals surface area contributed by atoms with E-state index in [0.29, 0.717) is 5.31 Å². The highest BCUT2D eigenvalue weighted by Gasteiger charge is 2.27. The van der Waals surface area contributed by atoms with Gasteiger partial charge in [0.2, 0.25) is 7.28 Å². The summed E-state index contributed by atoms with van der Waals surface area (Å²) in [5, 5.41) is 3.75. The lowest BCUT2D eigenvalue weighted by atomic mass is 9.48. The first-order chi connectivity index (χ1) is 9.20. The minimum atomic E-state index is 0.346. The summed E-state index contributed by atoms with van der Waals surface area (Å²) >= 11 is 0. The molecule has 1 atom stereocenters. The number of aliphatic imine (C=N–C) groups is 1. The Bertz CT molecular complexity index is 265. The minimum Gasteiger partial charge on any atom is -0.381 e. The number of amidine groups is 1. The summed E-state index contributed by atoms with van der Waals surface area (Å²) < 4.78 is 0. The number of hydrogen-bond acceptors (Lipinski definition) is 2. The predicted molar refractivity (Wildman–Crippen MR) is 87.3 cm³/mol. The van der Waals surface area contributed by atoms with E-state index >= 15 is 0 Å². The van der Waals surface area contributed by atoms with E-state index in [4.69, 9.17) is 0 Å². The lowest BCUT2D eigenvalue weighted by molar-refractivity contribution is 0.456. The van der Waals surface area contributed by atoms with Gasteiger partial charge < -0.3 is 5.32 Å². The van der Waals surface area contributed by atoms with Gasteiger partial charge >= 0.3 is 0 Å². The molecular weight excluding hydrogens is 231 g/mol. The maximum atomic E-state index is 4.54. The largest absolute Gasteiger partial charge is 0.381 e. The van der Waals surface area contributed by atoms with E-state index in [-0.39, 0.29) is 0 Å². The average molecular weight is 263 g/mol. The summed E-state index contributed by atoms with van der Waals surface area (Å²) in [6.45, 7) is 8.96. The Morgan fingerprint density at radius 1 is 1.05 bits per heavy atom. The van der Waals surface area contributed by atoms with Crippen LogP contribution >= 0.6 is 0 Å². The average Bonchev–Trinajstić information content (AvgIpc) is 2.88. The normalized spacial score (nSPS) is 17.7. The SMILES string of the molecule is CCCCCCC(C)([B]C1=NCCN1)CCCCC. The number of nitrogens with one attached hydrogen (secondary N) is 1. The van der Waals surface area contributed by atoms with Crippen LogP contribution in [0.15, 0.2) is 4.99 Å². The van der Waals surface area contributed by atoms with Gasteiger partial charge in [-0.15, -0.1) is 0 Å². The van der Waals surface area contributed by atoms with Crippen LogP contribution in [-0.2, 0) is 0 Å². The second-order valence-corrected chi connectivity index (χ2v) is 6.26. The topological polar surface area (TPSA) is 24.4 Å². The molecule has 1 heterocycles. The summed E-state index contributed by atoms with van der Waals surface area (Å²) in [6, 6.07) is 0. The molecule has 1 aliphatic heterocycles. The second kappa shape index (κ2) is 9.44. The van der Waals surface area contributed by atoms with Crippen molar-refractivity contribution in [2.75, 3.05) is 13.1 Å². The Kier molecular flexibility index (Phi) is 8.24. The van der Waals surface area contributed by atoms with Crippen LogP contribution in [0.25, 0.3) is 0 Å². The smallest absolute Gasteiger partial charge is 0.207 e. The highest BCUT2D eigenvalue weighted by Crippen LogP contribution is 2.37. The fourth-order valence-electron chi connectivity index (χ4n) is 2.85. The molecule has 1 rings (SSSR count). The first-order valence-corrected chi connectivity index (χ1v) is 8.34. The highest BCUT2D eigenvalue weighted by molar-refractivity contribution is 6.77. The number of hydrogen-bond donors (Lipinski definition) is 1. The molecule has 0 aromatic rings. The molecule has 3 heteroatoms. The summed E-state index contributed by atoms with van der Waals surface area (Å²) in [6.07, 6.45) is 12.1. The van der Waals surface area contributed by atoms with Crippen LogP contribution < -0.4 is 5.32 Å². The van der Waals surface area contributed by atoms with Gasteiger partial charge in [0, 0.05) is 12.3 Å². The molecule has 0 saturated heterocycles. The summed E-state index contributed by atoms with van der Waals surface area (Å²) in [4.78, 5) is 4.54. The van der Waals surface area contributed by atoms with Crippen molar-refractivity contribution < 1.29 is 0 Å². The molecule has 19 heavy (non-hydrogen) atoms. The molecule has 0 bridgehead atoms. The van der Waals surface area contributed by atoms with E-state index in [9.17, 15) is 0 Å². The first kappa shape index (κ1) is 16.6. The van der Waals surface area contributed by atoms with Gasteiger partial charge in [0.15, 0.2) is 0 Å². The molecule has 2 nitrogen and oxygen atoms in total. The number of nitrogens with zero attached hydrogens (tertiary/aromatic N) is 1. The zero-order chi connectivity index (χ0) is 14.0. The van der Waals surface area contributed by atoms with E-state index in [1.165, 1.54) is 57.8 Å². The van der Waals surface area contributed by atoms with Crippen molar-refractivity contribution in [2.24, 2.45) is 4.99 Å². The summed E-state index contributed by atoms with van der Waals surface area (Å²) in [7, 11) is 2.42. The van der Waals surface area contributed by atoms with Crippen LogP contribution in [0.2, 0.25) is 5.31 Å². The molecule has 1 unspecified atom stereocenters. The highest BCUT2D eigenvalue weighted by atomic mass is 15.0. The zero-order valence-corrected chi connectivity index (χ0v) is 13.3.